The fourth-order valence-corrected chi connectivity index (χ4v) is 3.02. The molecule has 1 N–H and O–H groups in total. The first-order valence-electron chi connectivity index (χ1n) is 8.50. The summed E-state index contributed by atoms with van der Waals surface area (Å²) in [5.41, 5.74) is 0. The van der Waals surface area contributed by atoms with Crippen molar-refractivity contribution in [3.63, 3.8) is 0 Å². The summed E-state index contributed by atoms with van der Waals surface area (Å²) in [5.74, 6) is -0.0868. The molecule has 0 amide bonds. The highest BCUT2D eigenvalue weighted by molar-refractivity contribution is 5.90. The largest absolute Gasteiger partial charge is 0.481 e. The van der Waals surface area contributed by atoms with Crippen LogP contribution in [0.5, 0.6) is 0 Å². The van der Waals surface area contributed by atoms with Gasteiger partial charge in [-0.1, -0.05) is 32.3 Å². The minimum Gasteiger partial charge on any atom is -0.481 e. The molecule has 4 heteroatoms. The predicted octanol–water partition coefficient (Wildman–Crippen LogP) is 3.93. The van der Waals surface area contributed by atoms with E-state index < -0.39 is 5.97 Å². The lowest BCUT2D eigenvalue weighted by molar-refractivity contribution is -0.137. The molecule has 2 unspecified atom stereocenters. The van der Waals surface area contributed by atoms with Crippen molar-refractivity contribution >= 4 is 17.5 Å². The van der Waals surface area contributed by atoms with Gasteiger partial charge in [-0.15, -0.1) is 0 Å². The van der Waals surface area contributed by atoms with Crippen molar-refractivity contribution in [2.75, 3.05) is 0 Å². The highest BCUT2D eigenvalue weighted by Gasteiger charge is 2.32. The molecule has 1 rings (SSSR count). The molecule has 22 heavy (non-hydrogen) atoms. The van der Waals surface area contributed by atoms with E-state index in [0.717, 1.165) is 38.5 Å². The van der Waals surface area contributed by atoms with Crippen LogP contribution in [0.2, 0.25) is 0 Å². The third-order valence-electron chi connectivity index (χ3n) is 4.37. The topological polar surface area (TPSA) is 71.4 Å². The van der Waals surface area contributed by atoms with Gasteiger partial charge in [0, 0.05) is 25.2 Å². The zero-order chi connectivity index (χ0) is 16.4. The number of hydrogen-bond acceptors (Lipinski definition) is 3. The van der Waals surface area contributed by atoms with Crippen molar-refractivity contribution in [2.24, 2.45) is 11.8 Å². The molecule has 2 atom stereocenters. The highest BCUT2D eigenvalue weighted by atomic mass is 16.4. The van der Waals surface area contributed by atoms with E-state index in [1.54, 1.807) is 6.08 Å². The first-order valence-corrected chi connectivity index (χ1v) is 8.50. The first kappa shape index (κ1) is 18.6. The van der Waals surface area contributed by atoms with E-state index >= 15 is 0 Å². The van der Waals surface area contributed by atoms with Gasteiger partial charge in [-0.2, -0.15) is 0 Å². The number of carboxylic acid groups (broad SMARTS) is 1. The van der Waals surface area contributed by atoms with Gasteiger partial charge >= 0.3 is 5.97 Å². The number of hydrogen-bond donors (Lipinski definition) is 1. The zero-order valence-electron chi connectivity index (χ0n) is 13.6. The van der Waals surface area contributed by atoms with E-state index in [4.69, 9.17) is 5.11 Å². The monoisotopic (exact) mass is 308 g/mol. The van der Waals surface area contributed by atoms with E-state index in [0.29, 0.717) is 25.0 Å². The number of Topliss-reactive ketones (excluding diaryl/α,β-unsaturated/α-hetero) is 1. The third kappa shape index (κ3) is 7.01. The van der Waals surface area contributed by atoms with Crippen molar-refractivity contribution < 1.29 is 19.5 Å². The molecular formula is C18H28O4. The summed E-state index contributed by atoms with van der Waals surface area (Å²) in [5, 5.41) is 8.60. The molecule has 124 valence electrons. The molecule has 1 fully saturated rings. The molecule has 1 aliphatic carbocycles. The van der Waals surface area contributed by atoms with Crippen molar-refractivity contribution in [2.45, 2.75) is 71.1 Å². The normalized spacial score (nSPS) is 21.6. The molecule has 0 aromatic rings. The summed E-state index contributed by atoms with van der Waals surface area (Å²) in [6, 6.07) is 0. The van der Waals surface area contributed by atoms with E-state index in [-0.39, 0.29) is 24.0 Å². The van der Waals surface area contributed by atoms with Crippen molar-refractivity contribution in [3.8, 4) is 0 Å². The minimum atomic E-state index is -0.761. The summed E-state index contributed by atoms with van der Waals surface area (Å²) < 4.78 is 0. The Kier molecular flexibility index (Phi) is 8.71. The van der Waals surface area contributed by atoms with Gasteiger partial charge in [0.2, 0.25) is 0 Å². The molecule has 1 aliphatic rings. The molecule has 0 heterocycles. The molecule has 0 aliphatic heterocycles. The fraction of sp³-hybridized carbons (Fsp3) is 0.722. The van der Waals surface area contributed by atoms with Crippen molar-refractivity contribution in [1.29, 1.82) is 0 Å². The van der Waals surface area contributed by atoms with Crippen LogP contribution >= 0.6 is 0 Å². The summed E-state index contributed by atoms with van der Waals surface area (Å²) in [6.45, 7) is 2.06. The standard InChI is InChI=1S/C18H28O4/c1-2-3-7-15(19)12-10-14-11-13-17(20)16(14)8-5-4-6-9-18(21)22/h10,12,14,16H,2-9,11,13H2,1H3,(H,21,22). The van der Waals surface area contributed by atoms with Gasteiger partial charge in [0.05, 0.1) is 0 Å². The lowest BCUT2D eigenvalue weighted by atomic mass is 9.89. The highest BCUT2D eigenvalue weighted by Crippen LogP contribution is 2.33. The molecule has 0 saturated heterocycles. The summed E-state index contributed by atoms with van der Waals surface area (Å²) >= 11 is 0. The van der Waals surface area contributed by atoms with Gasteiger partial charge < -0.3 is 5.11 Å². The second kappa shape index (κ2) is 10.3. The van der Waals surface area contributed by atoms with E-state index in [9.17, 15) is 14.4 Å². The Morgan fingerprint density at radius 2 is 1.95 bits per heavy atom. The Bertz CT molecular complexity index is 411. The molecule has 4 nitrogen and oxygen atoms in total. The summed E-state index contributed by atoms with van der Waals surface area (Å²) in [7, 11) is 0. The molecule has 0 bridgehead atoms. The molecule has 0 radical (unpaired) electrons. The maximum absolute atomic E-state index is 12.0. The lowest BCUT2D eigenvalue weighted by Gasteiger charge is -2.14. The number of carbonyl (C=O) groups excluding carboxylic acids is 2. The molecule has 1 saturated carbocycles. The maximum atomic E-state index is 12.0. The number of carbonyl (C=O) groups is 3. The van der Waals surface area contributed by atoms with Crippen LogP contribution in [0.4, 0.5) is 0 Å². The second-order valence-electron chi connectivity index (χ2n) is 6.20. The number of rotatable bonds is 11. The quantitative estimate of drug-likeness (QED) is 0.463. The van der Waals surface area contributed by atoms with Gasteiger partial charge in [0.1, 0.15) is 5.78 Å². The molecule has 0 spiro atoms. The SMILES string of the molecule is CCCCC(=O)C=CC1CCC(=O)C1CCCCCC(=O)O. The van der Waals surface area contributed by atoms with Gasteiger partial charge in [0.15, 0.2) is 5.78 Å². The number of allylic oxidation sites excluding steroid dienone is 2. The molecule has 0 aromatic heterocycles. The Balaban J connectivity index is 2.36. The van der Waals surface area contributed by atoms with Crippen LogP contribution in [0.1, 0.15) is 71.1 Å². The third-order valence-corrected chi connectivity index (χ3v) is 4.37. The van der Waals surface area contributed by atoms with Gasteiger partial charge in [-0.05, 0) is 37.7 Å². The number of unbranched alkanes of at least 4 members (excludes halogenated alkanes) is 3. The number of aliphatic carboxylic acids is 1. The molecule has 0 aromatic carbocycles. The van der Waals surface area contributed by atoms with Crippen LogP contribution in [0.3, 0.4) is 0 Å². The van der Waals surface area contributed by atoms with Crippen molar-refractivity contribution in [3.05, 3.63) is 12.2 Å². The fourth-order valence-electron chi connectivity index (χ4n) is 3.02. The van der Waals surface area contributed by atoms with Gasteiger partial charge in [0.25, 0.3) is 0 Å². The summed E-state index contributed by atoms with van der Waals surface area (Å²) in [4.78, 5) is 34.1. The van der Waals surface area contributed by atoms with Crippen LogP contribution in [0.15, 0.2) is 12.2 Å². The Morgan fingerprint density at radius 1 is 1.18 bits per heavy atom. The predicted molar refractivity (Wildman–Crippen MR) is 85.6 cm³/mol. The number of carboxylic acids is 1. The first-order chi connectivity index (χ1) is 10.5. The van der Waals surface area contributed by atoms with Gasteiger partial charge in [-0.3, -0.25) is 14.4 Å². The Morgan fingerprint density at radius 3 is 2.64 bits per heavy atom. The Labute approximate surface area is 133 Å². The minimum absolute atomic E-state index is 0.0278. The van der Waals surface area contributed by atoms with Crippen molar-refractivity contribution in [1.82, 2.24) is 0 Å². The van der Waals surface area contributed by atoms with Crippen LogP contribution in [0, 0.1) is 11.8 Å². The van der Waals surface area contributed by atoms with Gasteiger partial charge in [-0.25, -0.2) is 0 Å². The Hall–Kier alpha value is -1.45. The van der Waals surface area contributed by atoms with Crippen LogP contribution in [-0.4, -0.2) is 22.6 Å². The van der Waals surface area contributed by atoms with Crippen LogP contribution in [0.25, 0.3) is 0 Å². The average Bonchev–Trinajstić information content (AvgIpc) is 2.83. The van der Waals surface area contributed by atoms with E-state index in [1.807, 2.05) is 6.08 Å². The number of ketones is 2. The van der Waals surface area contributed by atoms with E-state index in [1.165, 1.54) is 0 Å². The van der Waals surface area contributed by atoms with Crippen LogP contribution < -0.4 is 0 Å². The second-order valence-corrected chi connectivity index (χ2v) is 6.20. The zero-order valence-corrected chi connectivity index (χ0v) is 13.6. The average molecular weight is 308 g/mol. The molecular weight excluding hydrogens is 280 g/mol. The summed E-state index contributed by atoms with van der Waals surface area (Å²) in [6.07, 6.45) is 11.0. The van der Waals surface area contributed by atoms with E-state index in [2.05, 4.69) is 6.92 Å². The smallest absolute Gasteiger partial charge is 0.303 e. The maximum Gasteiger partial charge on any atom is 0.303 e. The lowest BCUT2D eigenvalue weighted by Crippen LogP contribution is -2.13. The van der Waals surface area contributed by atoms with Crippen LogP contribution in [-0.2, 0) is 14.4 Å².